The lowest BCUT2D eigenvalue weighted by Crippen LogP contribution is -2.03. The number of ether oxygens (including phenoxy) is 2. The Balaban J connectivity index is 1.42. The van der Waals surface area contributed by atoms with Gasteiger partial charge in [-0.15, -0.1) is 0 Å². The van der Waals surface area contributed by atoms with E-state index in [4.69, 9.17) is 9.47 Å². The summed E-state index contributed by atoms with van der Waals surface area (Å²) < 4.78 is 10.3. The van der Waals surface area contributed by atoms with Gasteiger partial charge in [0.05, 0.1) is 6.61 Å². The molecule has 2 aromatic rings. The van der Waals surface area contributed by atoms with Gasteiger partial charge in [0, 0.05) is 24.5 Å². The average molecular weight is 450 g/mol. The monoisotopic (exact) mass is 449 g/mol. The molecular formula is C28H35NO4. The highest BCUT2D eigenvalue weighted by atomic mass is 16.5. The quantitative estimate of drug-likeness (QED) is 0.127. The molecule has 33 heavy (non-hydrogen) atoms. The van der Waals surface area contributed by atoms with E-state index in [1.165, 1.54) is 56.6 Å². The van der Waals surface area contributed by atoms with Crippen molar-refractivity contribution in [2.75, 3.05) is 6.61 Å². The van der Waals surface area contributed by atoms with Gasteiger partial charge in [0.15, 0.2) is 0 Å². The first kappa shape index (κ1) is 26.0. The van der Waals surface area contributed by atoms with Crippen LogP contribution < -0.4 is 4.74 Å². The Labute approximate surface area is 197 Å². The maximum atomic E-state index is 11.8. The van der Waals surface area contributed by atoms with Gasteiger partial charge >= 0.3 is 11.9 Å². The van der Waals surface area contributed by atoms with E-state index in [2.05, 4.69) is 23.7 Å². The lowest BCUT2D eigenvalue weighted by Gasteiger charge is -2.04. The summed E-state index contributed by atoms with van der Waals surface area (Å²) in [5.74, 6) is -0.417. The van der Waals surface area contributed by atoms with Crippen molar-refractivity contribution in [3.05, 3.63) is 78.6 Å². The summed E-state index contributed by atoms with van der Waals surface area (Å²) in [6, 6.07) is 11.0. The van der Waals surface area contributed by atoms with Crippen LogP contribution in [0.5, 0.6) is 5.75 Å². The molecule has 0 spiro atoms. The van der Waals surface area contributed by atoms with Crippen LogP contribution in [0.3, 0.4) is 0 Å². The fourth-order valence-corrected chi connectivity index (χ4v) is 3.41. The van der Waals surface area contributed by atoms with Crippen molar-refractivity contribution in [2.24, 2.45) is 0 Å². The smallest absolute Gasteiger partial charge is 0.335 e. The van der Waals surface area contributed by atoms with Gasteiger partial charge in [0.25, 0.3) is 0 Å². The van der Waals surface area contributed by atoms with Crippen LogP contribution in [0.1, 0.15) is 68.9 Å². The molecular weight excluding hydrogens is 414 g/mol. The van der Waals surface area contributed by atoms with Gasteiger partial charge in [0.2, 0.25) is 0 Å². The Morgan fingerprint density at radius 1 is 0.788 bits per heavy atom. The van der Waals surface area contributed by atoms with Crippen molar-refractivity contribution in [1.82, 2.24) is 4.98 Å². The number of hydrogen-bond donors (Lipinski definition) is 0. The van der Waals surface area contributed by atoms with Gasteiger partial charge in [0.1, 0.15) is 5.75 Å². The van der Waals surface area contributed by atoms with Gasteiger partial charge in [-0.2, -0.15) is 0 Å². The first-order valence-electron chi connectivity index (χ1n) is 11.9. The van der Waals surface area contributed by atoms with E-state index in [9.17, 15) is 9.59 Å². The molecule has 5 nitrogen and oxygen atoms in total. The second-order valence-corrected chi connectivity index (χ2v) is 7.98. The van der Waals surface area contributed by atoms with Crippen LogP contribution in [0.4, 0.5) is 0 Å². The summed E-state index contributed by atoms with van der Waals surface area (Å²) in [5, 5.41) is 0. The van der Waals surface area contributed by atoms with E-state index >= 15 is 0 Å². The number of pyridine rings is 1. The third kappa shape index (κ3) is 12.4. The summed E-state index contributed by atoms with van der Waals surface area (Å²) in [7, 11) is 0. The molecule has 1 heterocycles. The van der Waals surface area contributed by atoms with Crippen LogP contribution in [0, 0.1) is 0 Å². The molecule has 176 valence electrons. The fraction of sp³-hybridized carbons (Fsp3) is 0.393. The minimum atomic E-state index is -0.505. The Hall–Kier alpha value is -3.21. The second kappa shape index (κ2) is 16.4. The molecule has 0 aliphatic rings. The molecule has 0 aliphatic carbocycles. The van der Waals surface area contributed by atoms with Crippen LogP contribution in [0.15, 0.2) is 67.5 Å². The lowest BCUT2D eigenvalue weighted by atomic mass is 10.0. The minimum absolute atomic E-state index is 0.344. The summed E-state index contributed by atoms with van der Waals surface area (Å²) in [4.78, 5) is 27.0. The number of carbonyl (C=O) groups excluding carboxylic acids is 2. The van der Waals surface area contributed by atoms with E-state index in [0.717, 1.165) is 30.9 Å². The summed E-state index contributed by atoms with van der Waals surface area (Å²) in [6.45, 7) is 3.81. The van der Waals surface area contributed by atoms with Crippen LogP contribution >= 0.6 is 0 Å². The van der Waals surface area contributed by atoms with Crippen molar-refractivity contribution in [3.63, 3.8) is 0 Å². The molecule has 1 aromatic carbocycles. The molecule has 2 rings (SSSR count). The number of aryl methyl sites for hydroxylation is 1. The molecule has 0 fully saturated rings. The predicted molar refractivity (Wildman–Crippen MR) is 132 cm³/mol. The van der Waals surface area contributed by atoms with Crippen molar-refractivity contribution in [3.8, 4) is 5.75 Å². The number of aromatic nitrogens is 1. The number of nitrogens with zero attached hydrogens (tertiary/aromatic N) is 1. The standard InChI is InChI=1S/C28H35NO4/c1-2-27(30)33-26-16-13-25(14-17-26)15-18-28(31)32-23-11-9-7-5-3-4-6-8-10-12-24-19-21-29-22-20-24/h2,13-22H,1,3-12,23H2/b18-15+. The minimum Gasteiger partial charge on any atom is -0.463 e. The van der Waals surface area contributed by atoms with Crippen LogP contribution in [-0.2, 0) is 20.7 Å². The number of carbonyl (C=O) groups is 2. The summed E-state index contributed by atoms with van der Waals surface area (Å²) >= 11 is 0. The molecule has 0 saturated heterocycles. The van der Waals surface area contributed by atoms with Crippen molar-refractivity contribution < 1.29 is 19.1 Å². The first-order valence-corrected chi connectivity index (χ1v) is 11.9. The predicted octanol–water partition coefficient (Wildman–Crippen LogP) is 6.48. The van der Waals surface area contributed by atoms with Gasteiger partial charge in [-0.05, 0) is 60.7 Å². The van der Waals surface area contributed by atoms with Crippen LogP contribution in [0.25, 0.3) is 6.08 Å². The largest absolute Gasteiger partial charge is 0.463 e. The Kier molecular flexibility index (Phi) is 13.0. The molecule has 0 aliphatic heterocycles. The third-order valence-corrected chi connectivity index (χ3v) is 5.28. The van der Waals surface area contributed by atoms with E-state index in [-0.39, 0.29) is 5.97 Å². The lowest BCUT2D eigenvalue weighted by molar-refractivity contribution is -0.137. The average Bonchev–Trinajstić information content (AvgIpc) is 2.84. The number of benzene rings is 1. The molecule has 5 heteroatoms. The van der Waals surface area contributed by atoms with Crippen LogP contribution in [0.2, 0.25) is 0 Å². The maximum Gasteiger partial charge on any atom is 0.335 e. The first-order chi connectivity index (χ1) is 16.2. The fourth-order valence-electron chi connectivity index (χ4n) is 3.41. The highest BCUT2D eigenvalue weighted by molar-refractivity contribution is 5.87. The SMILES string of the molecule is C=CC(=O)Oc1ccc(/C=C/C(=O)OCCCCCCCCCCCc2ccncc2)cc1. The Bertz CT molecular complexity index is 859. The molecule has 0 saturated carbocycles. The topological polar surface area (TPSA) is 65.5 Å². The zero-order valence-corrected chi connectivity index (χ0v) is 19.4. The van der Waals surface area contributed by atoms with Crippen molar-refractivity contribution in [2.45, 2.75) is 64.2 Å². The van der Waals surface area contributed by atoms with E-state index < -0.39 is 5.97 Å². The van der Waals surface area contributed by atoms with Gasteiger partial charge in [-0.3, -0.25) is 4.98 Å². The number of unbranched alkanes of at least 4 members (excludes halogenated alkanes) is 8. The number of esters is 2. The molecule has 1 aromatic heterocycles. The van der Waals surface area contributed by atoms with Crippen LogP contribution in [-0.4, -0.2) is 23.5 Å². The highest BCUT2D eigenvalue weighted by Gasteiger charge is 2.00. The summed E-state index contributed by atoms with van der Waals surface area (Å²) in [5.41, 5.74) is 2.20. The van der Waals surface area contributed by atoms with Gasteiger partial charge < -0.3 is 9.47 Å². The third-order valence-electron chi connectivity index (χ3n) is 5.28. The molecule has 0 N–H and O–H groups in total. The van der Waals surface area contributed by atoms with E-state index in [1.807, 2.05) is 12.4 Å². The maximum absolute atomic E-state index is 11.8. The van der Waals surface area contributed by atoms with E-state index in [1.54, 1.807) is 30.3 Å². The molecule has 0 atom stereocenters. The van der Waals surface area contributed by atoms with E-state index in [0.29, 0.717) is 12.4 Å². The van der Waals surface area contributed by atoms with Gasteiger partial charge in [-0.1, -0.05) is 63.7 Å². The van der Waals surface area contributed by atoms with Crippen molar-refractivity contribution >= 4 is 18.0 Å². The van der Waals surface area contributed by atoms with Gasteiger partial charge in [-0.25, -0.2) is 9.59 Å². The molecule has 0 bridgehead atoms. The number of hydrogen-bond acceptors (Lipinski definition) is 5. The number of rotatable bonds is 16. The van der Waals surface area contributed by atoms with Crippen molar-refractivity contribution in [1.29, 1.82) is 0 Å². The molecule has 0 amide bonds. The highest BCUT2D eigenvalue weighted by Crippen LogP contribution is 2.14. The second-order valence-electron chi connectivity index (χ2n) is 7.98. The summed E-state index contributed by atoms with van der Waals surface area (Å²) in [6.07, 6.45) is 19.9. The normalized spacial score (nSPS) is 10.8. The molecule has 0 unspecified atom stereocenters. The Morgan fingerprint density at radius 3 is 2.03 bits per heavy atom. The zero-order valence-electron chi connectivity index (χ0n) is 19.4. The Morgan fingerprint density at radius 2 is 1.39 bits per heavy atom. The molecule has 0 radical (unpaired) electrons. The zero-order chi connectivity index (χ0) is 23.6.